The predicted molar refractivity (Wildman–Crippen MR) is 75.0 cm³/mol. The maximum absolute atomic E-state index is 11.9. The number of carboxylic acids is 1. The van der Waals surface area contributed by atoms with Crippen molar-refractivity contribution in [3.63, 3.8) is 0 Å². The molecule has 0 saturated heterocycles. The highest BCUT2D eigenvalue weighted by Gasteiger charge is 2.15. The Morgan fingerprint density at radius 1 is 1.20 bits per heavy atom. The Morgan fingerprint density at radius 2 is 1.90 bits per heavy atom. The molecule has 0 radical (unpaired) electrons. The number of aromatic nitrogens is 1. The van der Waals surface area contributed by atoms with E-state index in [0.717, 1.165) is 5.56 Å². The molecule has 0 unspecified atom stereocenters. The van der Waals surface area contributed by atoms with Crippen LogP contribution in [0.3, 0.4) is 0 Å². The van der Waals surface area contributed by atoms with Gasteiger partial charge in [0.15, 0.2) is 0 Å². The first-order valence-electron chi connectivity index (χ1n) is 5.78. The summed E-state index contributed by atoms with van der Waals surface area (Å²) in [4.78, 5) is 26.9. The molecule has 20 heavy (non-hydrogen) atoms. The third-order valence-electron chi connectivity index (χ3n) is 2.62. The van der Waals surface area contributed by atoms with Gasteiger partial charge in [-0.2, -0.15) is 0 Å². The highest BCUT2D eigenvalue weighted by atomic mass is 35.5. The molecule has 0 atom stereocenters. The van der Waals surface area contributed by atoms with E-state index in [9.17, 15) is 9.59 Å². The number of carboxylic acid groups (broad SMARTS) is 1. The third kappa shape index (κ3) is 3.33. The Morgan fingerprint density at radius 3 is 2.55 bits per heavy atom. The lowest BCUT2D eigenvalue weighted by molar-refractivity contribution is -0.115. The fourth-order valence-corrected chi connectivity index (χ4v) is 1.92. The number of para-hydroxylation sites is 1. The molecule has 0 fully saturated rings. The number of halogens is 1. The molecule has 1 aromatic carbocycles. The lowest BCUT2D eigenvalue weighted by Crippen LogP contribution is -2.17. The minimum atomic E-state index is -1.15. The summed E-state index contributed by atoms with van der Waals surface area (Å²) in [5.74, 6) is -1.49. The molecular weight excluding hydrogens is 280 g/mol. The van der Waals surface area contributed by atoms with E-state index in [1.165, 1.54) is 18.2 Å². The fraction of sp³-hybridized carbons (Fsp3) is 0.0714. The maximum Gasteiger partial charge on any atom is 0.337 e. The molecule has 2 N–H and O–H groups in total. The van der Waals surface area contributed by atoms with Crippen molar-refractivity contribution in [3.05, 3.63) is 58.9 Å². The molecule has 0 saturated carbocycles. The second-order valence-corrected chi connectivity index (χ2v) is 4.46. The van der Waals surface area contributed by atoms with Crippen LogP contribution < -0.4 is 5.32 Å². The van der Waals surface area contributed by atoms with E-state index in [1.54, 1.807) is 24.5 Å². The van der Waals surface area contributed by atoms with Crippen LogP contribution >= 0.6 is 11.6 Å². The van der Waals surface area contributed by atoms with E-state index < -0.39 is 5.97 Å². The summed E-state index contributed by atoms with van der Waals surface area (Å²) < 4.78 is 0. The average Bonchev–Trinajstić information content (AvgIpc) is 2.42. The zero-order valence-electron chi connectivity index (χ0n) is 10.3. The van der Waals surface area contributed by atoms with Gasteiger partial charge >= 0.3 is 5.97 Å². The Bertz CT molecular complexity index is 644. The number of carbonyl (C=O) groups is 2. The normalized spacial score (nSPS) is 10.1. The molecule has 0 spiro atoms. The van der Waals surface area contributed by atoms with Gasteiger partial charge in [0.05, 0.1) is 22.7 Å². The number of aromatic carboxylic acids is 1. The lowest BCUT2D eigenvalue weighted by Gasteiger charge is -2.10. The zero-order valence-corrected chi connectivity index (χ0v) is 11.1. The molecular formula is C14H11ClN2O3. The van der Waals surface area contributed by atoms with Crippen molar-refractivity contribution in [2.24, 2.45) is 0 Å². The van der Waals surface area contributed by atoms with Crippen molar-refractivity contribution < 1.29 is 14.7 Å². The first-order valence-corrected chi connectivity index (χ1v) is 6.16. The SMILES string of the molecule is O=C(Cc1ccncc1)Nc1c(Cl)cccc1C(=O)O. The summed E-state index contributed by atoms with van der Waals surface area (Å²) in [5, 5.41) is 11.8. The molecule has 0 aliphatic carbocycles. The van der Waals surface area contributed by atoms with Gasteiger partial charge in [0.2, 0.25) is 5.91 Å². The molecule has 0 aliphatic rings. The van der Waals surface area contributed by atoms with Crippen LogP contribution in [0.25, 0.3) is 0 Å². The van der Waals surface area contributed by atoms with Gasteiger partial charge in [-0.25, -0.2) is 4.79 Å². The van der Waals surface area contributed by atoms with Crippen LogP contribution in [0, 0.1) is 0 Å². The zero-order chi connectivity index (χ0) is 14.5. The quantitative estimate of drug-likeness (QED) is 0.907. The van der Waals surface area contributed by atoms with Gasteiger partial charge in [-0.3, -0.25) is 9.78 Å². The van der Waals surface area contributed by atoms with Crippen LogP contribution in [0.1, 0.15) is 15.9 Å². The number of anilines is 1. The minimum Gasteiger partial charge on any atom is -0.478 e. The number of rotatable bonds is 4. The van der Waals surface area contributed by atoms with Crippen molar-refractivity contribution in [1.82, 2.24) is 4.98 Å². The van der Waals surface area contributed by atoms with Crippen LogP contribution in [0.2, 0.25) is 5.02 Å². The number of pyridine rings is 1. The molecule has 2 rings (SSSR count). The minimum absolute atomic E-state index is 0.0411. The molecule has 6 heteroatoms. The number of carbonyl (C=O) groups excluding carboxylic acids is 1. The van der Waals surface area contributed by atoms with Gasteiger partial charge in [-0.05, 0) is 29.8 Å². The van der Waals surface area contributed by atoms with Crippen molar-refractivity contribution in [3.8, 4) is 0 Å². The average molecular weight is 291 g/mol. The van der Waals surface area contributed by atoms with E-state index in [0.29, 0.717) is 0 Å². The molecule has 5 nitrogen and oxygen atoms in total. The number of nitrogens with zero attached hydrogens (tertiary/aromatic N) is 1. The largest absolute Gasteiger partial charge is 0.478 e. The van der Waals surface area contributed by atoms with Gasteiger partial charge in [0, 0.05) is 12.4 Å². The number of hydrogen-bond acceptors (Lipinski definition) is 3. The Kier molecular flexibility index (Phi) is 4.32. The molecule has 0 bridgehead atoms. The number of benzene rings is 1. The lowest BCUT2D eigenvalue weighted by atomic mass is 10.1. The first kappa shape index (κ1) is 14.0. The summed E-state index contributed by atoms with van der Waals surface area (Å²) in [6.07, 6.45) is 3.29. The summed E-state index contributed by atoms with van der Waals surface area (Å²) in [7, 11) is 0. The summed E-state index contributed by atoms with van der Waals surface area (Å²) in [5.41, 5.74) is 0.850. The fourth-order valence-electron chi connectivity index (χ4n) is 1.70. The van der Waals surface area contributed by atoms with E-state index in [2.05, 4.69) is 10.3 Å². The van der Waals surface area contributed by atoms with Crippen LogP contribution in [-0.2, 0) is 11.2 Å². The molecule has 102 valence electrons. The summed E-state index contributed by atoms with van der Waals surface area (Å²) >= 11 is 5.93. The van der Waals surface area contributed by atoms with E-state index in [1.807, 2.05) is 0 Å². The highest BCUT2D eigenvalue weighted by molar-refractivity contribution is 6.34. The number of amides is 1. The molecule has 1 heterocycles. The Labute approximate surface area is 120 Å². The molecule has 1 amide bonds. The van der Waals surface area contributed by atoms with Crippen LogP contribution in [-0.4, -0.2) is 22.0 Å². The van der Waals surface area contributed by atoms with Crippen LogP contribution in [0.5, 0.6) is 0 Å². The van der Waals surface area contributed by atoms with E-state index in [4.69, 9.17) is 16.7 Å². The molecule has 1 aromatic heterocycles. The monoisotopic (exact) mass is 290 g/mol. The van der Waals surface area contributed by atoms with Crippen LogP contribution in [0.4, 0.5) is 5.69 Å². The highest BCUT2D eigenvalue weighted by Crippen LogP contribution is 2.26. The Hall–Kier alpha value is -2.40. The summed E-state index contributed by atoms with van der Waals surface area (Å²) in [6.45, 7) is 0. The number of hydrogen-bond donors (Lipinski definition) is 2. The smallest absolute Gasteiger partial charge is 0.337 e. The molecule has 2 aromatic rings. The van der Waals surface area contributed by atoms with Gasteiger partial charge in [-0.15, -0.1) is 0 Å². The topological polar surface area (TPSA) is 79.3 Å². The van der Waals surface area contributed by atoms with Gasteiger partial charge in [0.1, 0.15) is 0 Å². The van der Waals surface area contributed by atoms with Crippen molar-refractivity contribution in [2.45, 2.75) is 6.42 Å². The summed E-state index contributed by atoms with van der Waals surface area (Å²) in [6, 6.07) is 7.85. The standard InChI is InChI=1S/C14H11ClN2O3/c15-11-3-1-2-10(14(19)20)13(11)17-12(18)8-9-4-6-16-7-5-9/h1-7H,8H2,(H,17,18)(H,19,20). The van der Waals surface area contributed by atoms with E-state index >= 15 is 0 Å². The van der Waals surface area contributed by atoms with Gasteiger partial charge < -0.3 is 10.4 Å². The second-order valence-electron chi connectivity index (χ2n) is 4.05. The van der Waals surface area contributed by atoms with Gasteiger partial charge in [-0.1, -0.05) is 17.7 Å². The predicted octanol–water partition coefficient (Wildman–Crippen LogP) is 2.61. The van der Waals surface area contributed by atoms with Crippen molar-refractivity contribution in [1.29, 1.82) is 0 Å². The van der Waals surface area contributed by atoms with Crippen molar-refractivity contribution in [2.75, 3.05) is 5.32 Å². The van der Waals surface area contributed by atoms with Crippen LogP contribution in [0.15, 0.2) is 42.7 Å². The molecule has 0 aliphatic heterocycles. The number of nitrogens with one attached hydrogen (secondary N) is 1. The van der Waals surface area contributed by atoms with E-state index in [-0.39, 0.29) is 28.6 Å². The first-order chi connectivity index (χ1) is 9.58. The second kappa shape index (κ2) is 6.16. The van der Waals surface area contributed by atoms with Crippen molar-refractivity contribution >= 4 is 29.2 Å². The third-order valence-corrected chi connectivity index (χ3v) is 2.94. The Balaban J connectivity index is 2.18. The maximum atomic E-state index is 11.9. The van der Waals surface area contributed by atoms with Gasteiger partial charge in [0.25, 0.3) is 0 Å².